The largest absolute Gasteiger partial charge is 0.497 e. The van der Waals surface area contributed by atoms with Gasteiger partial charge in [-0.15, -0.1) is 0 Å². The molecule has 152 valence electrons. The lowest BCUT2D eigenvalue weighted by atomic mass is 9.97. The summed E-state index contributed by atoms with van der Waals surface area (Å²) in [7, 11) is 3.10. The lowest BCUT2D eigenvalue weighted by Gasteiger charge is -2.12. The number of fused-ring (bicyclic) bond motifs is 3. The summed E-state index contributed by atoms with van der Waals surface area (Å²) >= 11 is 0. The fourth-order valence-electron chi connectivity index (χ4n) is 3.77. The molecule has 0 radical (unpaired) electrons. The number of nitrogens with one attached hydrogen (secondary N) is 1. The van der Waals surface area contributed by atoms with Crippen LogP contribution in [0.3, 0.4) is 0 Å². The molecule has 8 heteroatoms. The van der Waals surface area contributed by atoms with Crippen LogP contribution in [0.4, 0.5) is 5.69 Å². The van der Waals surface area contributed by atoms with Gasteiger partial charge >= 0.3 is 0 Å². The van der Waals surface area contributed by atoms with Crippen molar-refractivity contribution in [3.63, 3.8) is 0 Å². The number of hydrogen-bond donors (Lipinski definition) is 1. The topological polar surface area (TPSA) is 86.9 Å². The number of rotatable bonds is 6. The van der Waals surface area contributed by atoms with Gasteiger partial charge < -0.3 is 19.4 Å². The third kappa shape index (κ3) is 3.70. The summed E-state index contributed by atoms with van der Waals surface area (Å²) in [5.41, 5.74) is 3.18. The van der Waals surface area contributed by atoms with Gasteiger partial charge in [-0.3, -0.25) is 9.59 Å². The number of benzene rings is 1. The van der Waals surface area contributed by atoms with Gasteiger partial charge in [0.2, 0.25) is 5.91 Å². The smallest absolute Gasteiger partial charge is 0.276 e. The monoisotopic (exact) mass is 396 g/mol. The summed E-state index contributed by atoms with van der Waals surface area (Å²) in [6.07, 6.45) is 7.64. The number of hydrogen-bond acceptors (Lipinski definition) is 5. The molecule has 0 spiro atoms. The van der Waals surface area contributed by atoms with E-state index in [1.165, 1.54) is 7.11 Å². The summed E-state index contributed by atoms with van der Waals surface area (Å²) in [6.45, 7) is 0.291. The van der Waals surface area contributed by atoms with E-state index in [1.54, 1.807) is 46.8 Å². The average molecular weight is 396 g/mol. The number of methoxy groups -OCH3 is 2. The lowest BCUT2D eigenvalue weighted by Crippen LogP contribution is -2.25. The fraction of sp³-hybridized carbons (Fsp3) is 0.381. The van der Waals surface area contributed by atoms with E-state index in [-0.39, 0.29) is 17.9 Å². The Bertz CT molecular complexity index is 1120. The second-order valence-electron chi connectivity index (χ2n) is 7.09. The third-order valence-electron chi connectivity index (χ3n) is 5.30. The standard InChI is InChI=1S/C21H24N4O4/c1-28-14-7-8-17(18(13-14)29-2)22-19(26)9-10-24-11-12-25-20(21(24)27)15-5-3-4-6-16(15)23-25/h7-8,11-13H,3-6,9-10H2,1-2H3,(H,22,26). The molecule has 0 saturated heterocycles. The van der Waals surface area contributed by atoms with Crippen LogP contribution in [-0.2, 0) is 24.2 Å². The number of carbonyl (C=O) groups is 1. The molecule has 1 aliphatic carbocycles. The molecule has 8 nitrogen and oxygen atoms in total. The van der Waals surface area contributed by atoms with Gasteiger partial charge in [-0.1, -0.05) is 0 Å². The maximum Gasteiger partial charge on any atom is 0.276 e. The Morgan fingerprint density at radius 1 is 1.17 bits per heavy atom. The Labute approximate surface area is 168 Å². The van der Waals surface area contributed by atoms with Crippen molar-refractivity contribution in [3.8, 4) is 11.5 Å². The van der Waals surface area contributed by atoms with Crippen molar-refractivity contribution in [1.29, 1.82) is 0 Å². The van der Waals surface area contributed by atoms with Gasteiger partial charge in [0.05, 0.1) is 25.6 Å². The van der Waals surface area contributed by atoms with Gasteiger partial charge in [-0.25, -0.2) is 4.52 Å². The van der Waals surface area contributed by atoms with E-state index in [4.69, 9.17) is 9.47 Å². The van der Waals surface area contributed by atoms with E-state index in [0.717, 1.165) is 36.9 Å². The molecule has 0 unspecified atom stereocenters. The van der Waals surface area contributed by atoms with Crippen LogP contribution in [0.1, 0.15) is 30.5 Å². The van der Waals surface area contributed by atoms with Crippen LogP contribution >= 0.6 is 0 Å². The summed E-state index contributed by atoms with van der Waals surface area (Å²) in [5, 5.41) is 7.37. The van der Waals surface area contributed by atoms with Crippen molar-refractivity contribution in [2.45, 2.75) is 38.6 Å². The number of amides is 1. The predicted molar refractivity (Wildman–Crippen MR) is 109 cm³/mol. The van der Waals surface area contributed by atoms with Crippen molar-refractivity contribution in [2.75, 3.05) is 19.5 Å². The second kappa shape index (κ2) is 7.98. The Hall–Kier alpha value is -3.29. The first-order chi connectivity index (χ1) is 14.1. The van der Waals surface area contributed by atoms with Crippen LogP contribution < -0.4 is 20.3 Å². The molecule has 0 atom stereocenters. The highest BCUT2D eigenvalue weighted by molar-refractivity contribution is 5.92. The van der Waals surface area contributed by atoms with Crippen molar-refractivity contribution < 1.29 is 14.3 Å². The third-order valence-corrected chi connectivity index (χ3v) is 5.30. The minimum atomic E-state index is -0.198. The molecule has 0 fully saturated rings. The van der Waals surface area contributed by atoms with Crippen molar-refractivity contribution in [1.82, 2.24) is 14.2 Å². The number of aromatic nitrogens is 3. The molecule has 1 aliphatic rings. The van der Waals surface area contributed by atoms with Gasteiger partial charge in [0.1, 0.15) is 17.0 Å². The first kappa shape index (κ1) is 19.0. The molecular formula is C21H24N4O4. The maximum atomic E-state index is 12.9. The summed E-state index contributed by atoms with van der Waals surface area (Å²) < 4.78 is 13.7. The molecule has 1 aromatic carbocycles. The van der Waals surface area contributed by atoms with Crippen molar-refractivity contribution in [2.24, 2.45) is 0 Å². The minimum absolute atomic E-state index is 0.0991. The molecule has 1 N–H and O–H groups in total. The van der Waals surface area contributed by atoms with Gasteiger partial charge in [0, 0.05) is 37.0 Å². The molecule has 3 aromatic rings. The van der Waals surface area contributed by atoms with E-state index < -0.39 is 0 Å². The summed E-state index contributed by atoms with van der Waals surface area (Å²) in [5.74, 6) is 0.960. The van der Waals surface area contributed by atoms with Gasteiger partial charge in [-0.05, 0) is 37.8 Å². The van der Waals surface area contributed by atoms with Crippen LogP contribution in [0.25, 0.3) is 5.52 Å². The highest BCUT2D eigenvalue weighted by Crippen LogP contribution is 2.29. The van der Waals surface area contributed by atoms with Crippen LogP contribution in [-0.4, -0.2) is 34.3 Å². The Balaban J connectivity index is 1.49. The normalized spacial score (nSPS) is 13.2. The molecule has 1 amide bonds. The summed E-state index contributed by atoms with van der Waals surface area (Å²) in [4.78, 5) is 25.4. The number of ether oxygens (including phenoxy) is 2. The second-order valence-corrected chi connectivity index (χ2v) is 7.09. The zero-order valence-corrected chi connectivity index (χ0v) is 16.6. The Kier molecular flexibility index (Phi) is 5.24. The quantitative estimate of drug-likeness (QED) is 0.692. The van der Waals surface area contributed by atoms with Crippen molar-refractivity contribution in [3.05, 3.63) is 52.2 Å². The van der Waals surface area contributed by atoms with Gasteiger partial charge in [0.15, 0.2) is 0 Å². The molecule has 0 aliphatic heterocycles. The molecular weight excluding hydrogens is 372 g/mol. The predicted octanol–water partition coefficient (Wildman–Crippen LogP) is 2.42. The minimum Gasteiger partial charge on any atom is -0.497 e. The van der Waals surface area contributed by atoms with Crippen LogP contribution in [0.15, 0.2) is 35.4 Å². The molecule has 29 heavy (non-hydrogen) atoms. The Morgan fingerprint density at radius 3 is 2.79 bits per heavy atom. The Morgan fingerprint density at radius 2 is 2.00 bits per heavy atom. The first-order valence-electron chi connectivity index (χ1n) is 9.72. The van der Waals surface area contributed by atoms with E-state index in [2.05, 4.69) is 10.4 Å². The SMILES string of the molecule is COc1ccc(NC(=O)CCn2ccn3nc4c(c3c2=O)CCCC4)c(OC)c1. The molecule has 0 bridgehead atoms. The number of carbonyl (C=O) groups excluding carboxylic acids is 1. The van der Waals surface area contributed by atoms with Gasteiger partial charge in [0.25, 0.3) is 5.56 Å². The molecule has 2 heterocycles. The van der Waals surface area contributed by atoms with Crippen LogP contribution in [0.5, 0.6) is 11.5 Å². The number of nitrogens with zero attached hydrogens (tertiary/aromatic N) is 3. The average Bonchev–Trinajstić information content (AvgIpc) is 3.13. The van der Waals surface area contributed by atoms with E-state index in [0.29, 0.717) is 29.2 Å². The zero-order valence-electron chi connectivity index (χ0n) is 16.6. The molecule has 2 aromatic heterocycles. The molecule has 0 saturated carbocycles. The molecule has 4 rings (SSSR count). The highest BCUT2D eigenvalue weighted by atomic mass is 16.5. The fourth-order valence-corrected chi connectivity index (χ4v) is 3.77. The van der Waals surface area contributed by atoms with Gasteiger partial charge in [-0.2, -0.15) is 5.10 Å². The van der Waals surface area contributed by atoms with E-state index in [1.807, 2.05) is 0 Å². The van der Waals surface area contributed by atoms with Crippen molar-refractivity contribution >= 4 is 17.1 Å². The van der Waals surface area contributed by atoms with E-state index in [9.17, 15) is 9.59 Å². The maximum absolute atomic E-state index is 12.9. The number of aryl methyl sites for hydroxylation is 3. The van der Waals surface area contributed by atoms with E-state index >= 15 is 0 Å². The summed E-state index contributed by atoms with van der Waals surface area (Å²) in [6, 6.07) is 5.18. The highest BCUT2D eigenvalue weighted by Gasteiger charge is 2.19. The number of anilines is 1. The zero-order chi connectivity index (χ0) is 20.4. The lowest BCUT2D eigenvalue weighted by molar-refractivity contribution is -0.116. The first-order valence-corrected chi connectivity index (χ1v) is 9.72. The van der Waals surface area contributed by atoms with Crippen LogP contribution in [0, 0.1) is 0 Å². The van der Waals surface area contributed by atoms with Crippen LogP contribution in [0.2, 0.25) is 0 Å².